The number of amides is 1. The number of hydrogen-bond donors (Lipinski definition) is 2. The number of aliphatic hydroxyl groups is 1. The van der Waals surface area contributed by atoms with E-state index in [1.165, 1.54) is 0 Å². The van der Waals surface area contributed by atoms with E-state index in [4.69, 9.17) is 9.47 Å². The highest BCUT2D eigenvalue weighted by atomic mass is 16.5. The van der Waals surface area contributed by atoms with E-state index in [0.29, 0.717) is 30.0 Å². The highest BCUT2D eigenvalue weighted by molar-refractivity contribution is 5.81. The molecule has 0 aliphatic carbocycles. The molecule has 0 fully saturated rings. The molecule has 2 aromatic rings. The number of benzene rings is 2. The van der Waals surface area contributed by atoms with Gasteiger partial charge in [-0.15, -0.1) is 0 Å². The van der Waals surface area contributed by atoms with Crippen LogP contribution >= 0.6 is 0 Å². The van der Waals surface area contributed by atoms with Gasteiger partial charge in [-0.05, 0) is 29.7 Å². The molecule has 0 aromatic heterocycles. The first-order chi connectivity index (χ1) is 11.2. The molecule has 0 saturated heterocycles. The lowest BCUT2D eigenvalue weighted by Gasteiger charge is -2.12. The van der Waals surface area contributed by atoms with Crippen molar-refractivity contribution in [3.63, 3.8) is 0 Å². The van der Waals surface area contributed by atoms with E-state index in [1.54, 1.807) is 38.5 Å². The second-order valence-corrected chi connectivity index (χ2v) is 5.04. The highest BCUT2D eigenvalue weighted by Gasteiger charge is 2.16. The third-order valence-electron chi connectivity index (χ3n) is 3.52. The molecule has 0 aliphatic rings. The van der Waals surface area contributed by atoms with Crippen molar-refractivity contribution in [1.29, 1.82) is 0 Å². The zero-order valence-electron chi connectivity index (χ0n) is 13.3. The SMILES string of the molecule is COc1ccc(CCNC(=O)C(O)c2ccccc2)cc1OC. The maximum atomic E-state index is 12.0. The van der Waals surface area contributed by atoms with Gasteiger partial charge < -0.3 is 19.9 Å². The van der Waals surface area contributed by atoms with E-state index in [9.17, 15) is 9.90 Å². The number of nitrogens with one attached hydrogen (secondary N) is 1. The lowest BCUT2D eigenvalue weighted by Crippen LogP contribution is -2.30. The Morgan fingerprint density at radius 3 is 2.43 bits per heavy atom. The van der Waals surface area contributed by atoms with Gasteiger partial charge in [-0.3, -0.25) is 4.79 Å². The molecular weight excluding hydrogens is 294 g/mol. The Bertz CT molecular complexity index is 643. The van der Waals surface area contributed by atoms with Gasteiger partial charge in [-0.1, -0.05) is 36.4 Å². The standard InChI is InChI=1S/C18H21NO4/c1-22-15-9-8-13(12-16(15)23-2)10-11-19-18(21)17(20)14-6-4-3-5-7-14/h3-9,12,17,20H,10-11H2,1-2H3,(H,19,21). The molecule has 0 heterocycles. The Hall–Kier alpha value is -2.53. The molecule has 0 aliphatic heterocycles. The van der Waals surface area contributed by atoms with Crippen molar-refractivity contribution in [2.75, 3.05) is 20.8 Å². The maximum Gasteiger partial charge on any atom is 0.253 e. The number of ether oxygens (including phenoxy) is 2. The molecule has 0 spiro atoms. The fourth-order valence-corrected chi connectivity index (χ4v) is 2.25. The number of methoxy groups -OCH3 is 2. The maximum absolute atomic E-state index is 12.0. The molecule has 1 atom stereocenters. The average Bonchev–Trinajstić information content (AvgIpc) is 2.61. The van der Waals surface area contributed by atoms with Crippen LogP contribution in [0.15, 0.2) is 48.5 Å². The third-order valence-corrected chi connectivity index (χ3v) is 3.52. The first-order valence-electron chi connectivity index (χ1n) is 7.37. The summed E-state index contributed by atoms with van der Waals surface area (Å²) in [5.41, 5.74) is 1.59. The van der Waals surface area contributed by atoms with Crippen molar-refractivity contribution < 1.29 is 19.4 Å². The first-order valence-corrected chi connectivity index (χ1v) is 7.37. The van der Waals surface area contributed by atoms with Gasteiger partial charge in [0.05, 0.1) is 14.2 Å². The van der Waals surface area contributed by atoms with Crippen molar-refractivity contribution >= 4 is 5.91 Å². The van der Waals surface area contributed by atoms with E-state index in [1.807, 2.05) is 24.3 Å². The largest absolute Gasteiger partial charge is 0.493 e. The van der Waals surface area contributed by atoms with Gasteiger partial charge in [0.25, 0.3) is 5.91 Å². The summed E-state index contributed by atoms with van der Waals surface area (Å²) < 4.78 is 10.4. The smallest absolute Gasteiger partial charge is 0.253 e. The summed E-state index contributed by atoms with van der Waals surface area (Å²) in [7, 11) is 3.17. The molecule has 2 aromatic carbocycles. The van der Waals surface area contributed by atoms with E-state index in [-0.39, 0.29) is 0 Å². The minimum absolute atomic E-state index is 0.406. The van der Waals surface area contributed by atoms with E-state index >= 15 is 0 Å². The van der Waals surface area contributed by atoms with E-state index in [2.05, 4.69) is 5.32 Å². The molecule has 0 bridgehead atoms. The quantitative estimate of drug-likeness (QED) is 0.821. The van der Waals surface area contributed by atoms with Gasteiger partial charge in [0.1, 0.15) is 0 Å². The van der Waals surface area contributed by atoms with Crippen LogP contribution in [0.2, 0.25) is 0 Å². The van der Waals surface area contributed by atoms with Crippen LogP contribution in [0.25, 0.3) is 0 Å². The molecule has 0 radical (unpaired) electrons. The van der Waals surface area contributed by atoms with Gasteiger partial charge in [0.15, 0.2) is 17.6 Å². The lowest BCUT2D eigenvalue weighted by molar-refractivity contribution is -0.129. The van der Waals surface area contributed by atoms with Crippen LogP contribution in [0.3, 0.4) is 0 Å². The molecule has 1 amide bonds. The van der Waals surface area contributed by atoms with Crippen LogP contribution in [-0.4, -0.2) is 31.8 Å². The topological polar surface area (TPSA) is 67.8 Å². The van der Waals surface area contributed by atoms with Crippen LogP contribution in [-0.2, 0) is 11.2 Å². The summed E-state index contributed by atoms with van der Waals surface area (Å²) in [6.07, 6.45) is -0.519. The molecular formula is C18H21NO4. The van der Waals surface area contributed by atoms with Crippen molar-refractivity contribution in [2.24, 2.45) is 0 Å². The Balaban J connectivity index is 1.88. The van der Waals surface area contributed by atoms with Gasteiger partial charge in [-0.25, -0.2) is 0 Å². The van der Waals surface area contributed by atoms with Gasteiger partial charge in [-0.2, -0.15) is 0 Å². The summed E-state index contributed by atoms with van der Waals surface area (Å²) >= 11 is 0. The van der Waals surface area contributed by atoms with Crippen LogP contribution in [0.5, 0.6) is 11.5 Å². The number of hydrogen-bond acceptors (Lipinski definition) is 4. The second-order valence-electron chi connectivity index (χ2n) is 5.04. The Morgan fingerprint density at radius 1 is 1.09 bits per heavy atom. The van der Waals surface area contributed by atoms with E-state index < -0.39 is 12.0 Å². The molecule has 23 heavy (non-hydrogen) atoms. The zero-order valence-corrected chi connectivity index (χ0v) is 13.3. The Labute approximate surface area is 135 Å². The van der Waals surface area contributed by atoms with Crippen molar-refractivity contribution in [3.05, 3.63) is 59.7 Å². The van der Waals surface area contributed by atoms with Crippen LogP contribution in [0.4, 0.5) is 0 Å². The monoisotopic (exact) mass is 315 g/mol. The number of rotatable bonds is 7. The van der Waals surface area contributed by atoms with Gasteiger partial charge in [0, 0.05) is 6.54 Å². The fourth-order valence-electron chi connectivity index (χ4n) is 2.25. The predicted molar refractivity (Wildman–Crippen MR) is 87.7 cm³/mol. The number of carbonyl (C=O) groups excluding carboxylic acids is 1. The summed E-state index contributed by atoms with van der Waals surface area (Å²) in [5, 5.41) is 12.7. The molecule has 5 nitrogen and oxygen atoms in total. The van der Waals surface area contributed by atoms with Gasteiger partial charge >= 0.3 is 0 Å². The minimum atomic E-state index is -1.15. The molecule has 2 rings (SSSR count). The zero-order chi connectivity index (χ0) is 16.7. The summed E-state index contributed by atoms with van der Waals surface area (Å²) in [4.78, 5) is 12.0. The fraction of sp³-hybridized carbons (Fsp3) is 0.278. The lowest BCUT2D eigenvalue weighted by atomic mass is 10.1. The molecule has 122 valence electrons. The van der Waals surface area contributed by atoms with Crippen molar-refractivity contribution in [1.82, 2.24) is 5.32 Å². The molecule has 0 saturated carbocycles. The van der Waals surface area contributed by atoms with Crippen LogP contribution < -0.4 is 14.8 Å². The second kappa shape index (κ2) is 8.19. The van der Waals surface area contributed by atoms with Crippen LogP contribution in [0, 0.1) is 0 Å². The molecule has 2 N–H and O–H groups in total. The third kappa shape index (κ3) is 4.47. The van der Waals surface area contributed by atoms with Crippen molar-refractivity contribution in [3.8, 4) is 11.5 Å². The first kappa shape index (κ1) is 16.8. The highest BCUT2D eigenvalue weighted by Crippen LogP contribution is 2.27. The van der Waals surface area contributed by atoms with Crippen LogP contribution in [0.1, 0.15) is 17.2 Å². The Morgan fingerprint density at radius 2 is 1.78 bits per heavy atom. The van der Waals surface area contributed by atoms with Gasteiger partial charge in [0.2, 0.25) is 0 Å². The number of carbonyl (C=O) groups is 1. The van der Waals surface area contributed by atoms with Crippen molar-refractivity contribution in [2.45, 2.75) is 12.5 Å². The Kier molecular flexibility index (Phi) is 6.00. The normalized spacial score (nSPS) is 11.6. The average molecular weight is 315 g/mol. The van der Waals surface area contributed by atoms with E-state index in [0.717, 1.165) is 5.56 Å². The minimum Gasteiger partial charge on any atom is -0.493 e. The summed E-state index contributed by atoms with van der Waals surface area (Å²) in [6, 6.07) is 14.5. The molecule has 5 heteroatoms. The molecule has 1 unspecified atom stereocenters. The predicted octanol–water partition coefficient (Wildman–Crippen LogP) is 2.10. The summed E-state index contributed by atoms with van der Waals surface area (Å²) in [6.45, 7) is 0.429. The summed E-state index contributed by atoms with van der Waals surface area (Å²) in [5.74, 6) is 0.914. The number of aliphatic hydroxyl groups excluding tert-OH is 1.